The van der Waals surface area contributed by atoms with Crippen molar-refractivity contribution < 1.29 is 9.53 Å². The van der Waals surface area contributed by atoms with Gasteiger partial charge >= 0.3 is 0 Å². The second kappa shape index (κ2) is 5.44. The van der Waals surface area contributed by atoms with Crippen LogP contribution in [0.2, 0.25) is 0 Å². The van der Waals surface area contributed by atoms with Gasteiger partial charge in [0.2, 0.25) is 5.91 Å². The van der Waals surface area contributed by atoms with Gasteiger partial charge in [0.25, 0.3) is 0 Å². The summed E-state index contributed by atoms with van der Waals surface area (Å²) < 4.78 is 5.71. The summed E-state index contributed by atoms with van der Waals surface area (Å²) in [5.41, 5.74) is 13.9. The molecule has 0 heterocycles. The van der Waals surface area contributed by atoms with E-state index in [2.05, 4.69) is 0 Å². The maximum absolute atomic E-state index is 11.3. The highest BCUT2D eigenvalue weighted by molar-refractivity contribution is 5.94. The van der Waals surface area contributed by atoms with Gasteiger partial charge in [-0.15, -0.1) is 0 Å². The lowest BCUT2D eigenvalue weighted by Gasteiger charge is -2.11. The highest BCUT2D eigenvalue weighted by Gasteiger charge is 2.08. The first kappa shape index (κ1) is 13.0. The first-order chi connectivity index (χ1) is 9.08. The Kier molecular flexibility index (Phi) is 3.71. The number of carbonyl (C=O) groups excluding carboxylic acids is 1. The van der Waals surface area contributed by atoms with E-state index in [1.165, 1.54) is 0 Å². The van der Waals surface area contributed by atoms with Gasteiger partial charge in [0.05, 0.1) is 0 Å². The number of benzene rings is 2. The van der Waals surface area contributed by atoms with E-state index in [1.54, 1.807) is 18.2 Å². The maximum atomic E-state index is 11.3. The summed E-state index contributed by atoms with van der Waals surface area (Å²) in [5.74, 6) is 0.293. The molecular weight excluding hydrogens is 240 g/mol. The van der Waals surface area contributed by atoms with Crippen molar-refractivity contribution in [2.45, 2.75) is 13.5 Å². The van der Waals surface area contributed by atoms with E-state index in [0.29, 0.717) is 17.9 Å². The van der Waals surface area contributed by atoms with E-state index in [-0.39, 0.29) is 0 Å². The molecule has 2 aromatic rings. The third-order valence-electron chi connectivity index (χ3n) is 2.86. The first-order valence-corrected chi connectivity index (χ1v) is 5.94. The average molecular weight is 256 g/mol. The van der Waals surface area contributed by atoms with Gasteiger partial charge in [0.15, 0.2) is 0 Å². The third kappa shape index (κ3) is 3.04. The lowest BCUT2D eigenvalue weighted by molar-refractivity contribution is 0.0998. The Balaban J connectivity index is 2.17. The van der Waals surface area contributed by atoms with Crippen molar-refractivity contribution in [2.24, 2.45) is 5.73 Å². The summed E-state index contributed by atoms with van der Waals surface area (Å²) in [7, 11) is 0. The number of carbonyl (C=O) groups is 1. The molecule has 0 unspecified atom stereocenters. The number of rotatable bonds is 4. The quantitative estimate of drug-likeness (QED) is 0.823. The van der Waals surface area contributed by atoms with Crippen LogP contribution in [0.3, 0.4) is 0 Å². The number of hydrogen-bond acceptors (Lipinski definition) is 3. The van der Waals surface area contributed by atoms with Gasteiger partial charge < -0.3 is 16.2 Å². The molecule has 0 bridgehead atoms. The van der Waals surface area contributed by atoms with Crippen LogP contribution in [0.25, 0.3) is 0 Å². The molecular formula is C15H16N2O2. The first-order valence-electron chi connectivity index (χ1n) is 5.94. The number of ether oxygens (including phenoxy) is 1. The minimum Gasteiger partial charge on any atom is -0.489 e. The molecule has 0 aliphatic carbocycles. The van der Waals surface area contributed by atoms with Crippen LogP contribution in [0, 0.1) is 6.92 Å². The van der Waals surface area contributed by atoms with Crippen LogP contribution in [0.4, 0.5) is 5.69 Å². The molecule has 2 aromatic carbocycles. The molecule has 0 radical (unpaired) electrons. The largest absolute Gasteiger partial charge is 0.489 e. The Morgan fingerprint density at radius 2 is 1.95 bits per heavy atom. The van der Waals surface area contributed by atoms with E-state index in [9.17, 15) is 4.79 Å². The fourth-order valence-electron chi connectivity index (χ4n) is 1.88. The van der Waals surface area contributed by atoms with Crippen molar-refractivity contribution in [3.05, 3.63) is 59.2 Å². The summed E-state index contributed by atoms with van der Waals surface area (Å²) in [6, 6.07) is 12.6. The van der Waals surface area contributed by atoms with Gasteiger partial charge in [-0.2, -0.15) is 0 Å². The SMILES string of the molecule is Cc1cc(N)ccc1OCc1ccccc1C(N)=O. The van der Waals surface area contributed by atoms with Crippen molar-refractivity contribution in [1.29, 1.82) is 0 Å². The van der Waals surface area contributed by atoms with Crippen LogP contribution in [0.5, 0.6) is 5.75 Å². The molecule has 0 aromatic heterocycles. The predicted molar refractivity (Wildman–Crippen MR) is 74.9 cm³/mol. The molecule has 0 saturated heterocycles. The zero-order valence-electron chi connectivity index (χ0n) is 10.7. The second-order valence-electron chi connectivity index (χ2n) is 4.34. The molecule has 2 rings (SSSR count). The lowest BCUT2D eigenvalue weighted by Crippen LogP contribution is -2.14. The minimum absolute atomic E-state index is 0.296. The Morgan fingerprint density at radius 3 is 2.63 bits per heavy atom. The predicted octanol–water partition coefficient (Wildman–Crippen LogP) is 2.26. The molecule has 98 valence electrons. The lowest BCUT2D eigenvalue weighted by atomic mass is 10.1. The van der Waals surface area contributed by atoms with Crippen molar-refractivity contribution in [1.82, 2.24) is 0 Å². The number of nitrogen functional groups attached to an aromatic ring is 1. The summed E-state index contributed by atoms with van der Waals surface area (Å²) in [6.07, 6.45) is 0. The highest BCUT2D eigenvalue weighted by atomic mass is 16.5. The van der Waals surface area contributed by atoms with Gasteiger partial charge in [-0.25, -0.2) is 0 Å². The van der Waals surface area contributed by atoms with Crippen molar-refractivity contribution >= 4 is 11.6 Å². The fraction of sp³-hybridized carbons (Fsp3) is 0.133. The van der Waals surface area contributed by atoms with Crippen molar-refractivity contribution in [2.75, 3.05) is 5.73 Å². The molecule has 4 heteroatoms. The standard InChI is InChI=1S/C15H16N2O2/c1-10-8-12(16)6-7-14(10)19-9-11-4-2-3-5-13(11)15(17)18/h2-8H,9,16H2,1H3,(H2,17,18). The number of nitrogens with two attached hydrogens (primary N) is 2. The van der Waals surface area contributed by atoms with Gasteiger partial charge in [-0.3, -0.25) is 4.79 Å². The number of aryl methyl sites for hydroxylation is 1. The molecule has 0 aliphatic heterocycles. The van der Waals surface area contributed by atoms with Crippen LogP contribution in [0.1, 0.15) is 21.5 Å². The van der Waals surface area contributed by atoms with Crippen LogP contribution in [-0.4, -0.2) is 5.91 Å². The normalized spacial score (nSPS) is 10.2. The Labute approximate surface area is 112 Å². The van der Waals surface area contributed by atoms with E-state index in [0.717, 1.165) is 16.9 Å². The summed E-state index contributed by atoms with van der Waals surface area (Å²) >= 11 is 0. The van der Waals surface area contributed by atoms with Crippen LogP contribution >= 0.6 is 0 Å². The van der Waals surface area contributed by atoms with Crippen molar-refractivity contribution in [3.63, 3.8) is 0 Å². The van der Waals surface area contributed by atoms with Crippen LogP contribution < -0.4 is 16.2 Å². The molecule has 0 aliphatic rings. The summed E-state index contributed by atoms with van der Waals surface area (Å²) in [6.45, 7) is 2.22. The smallest absolute Gasteiger partial charge is 0.249 e. The van der Waals surface area contributed by atoms with Gasteiger partial charge in [-0.05, 0) is 36.8 Å². The Hall–Kier alpha value is -2.49. The van der Waals surface area contributed by atoms with E-state index in [4.69, 9.17) is 16.2 Å². The molecule has 4 N–H and O–H groups in total. The van der Waals surface area contributed by atoms with Gasteiger partial charge in [0, 0.05) is 16.8 Å². The number of hydrogen-bond donors (Lipinski definition) is 2. The Morgan fingerprint density at radius 1 is 1.21 bits per heavy atom. The molecule has 0 spiro atoms. The molecule has 19 heavy (non-hydrogen) atoms. The van der Waals surface area contributed by atoms with Crippen LogP contribution in [-0.2, 0) is 6.61 Å². The van der Waals surface area contributed by atoms with E-state index < -0.39 is 5.91 Å². The zero-order chi connectivity index (χ0) is 13.8. The molecule has 0 saturated carbocycles. The third-order valence-corrected chi connectivity index (χ3v) is 2.86. The number of primary amides is 1. The van der Waals surface area contributed by atoms with E-state index >= 15 is 0 Å². The summed E-state index contributed by atoms with van der Waals surface area (Å²) in [5, 5.41) is 0. The number of amides is 1. The van der Waals surface area contributed by atoms with Crippen molar-refractivity contribution in [3.8, 4) is 5.75 Å². The highest BCUT2D eigenvalue weighted by Crippen LogP contribution is 2.21. The maximum Gasteiger partial charge on any atom is 0.249 e. The van der Waals surface area contributed by atoms with Crippen LogP contribution in [0.15, 0.2) is 42.5 Å². The second-order valence-corrected chi connectivity index (χ2v) is 4.34. The molecule has 0 fully saturated rings. The Bertz CT molecular complexity index is 609. The molecule has 1 amide bonds. The number of anilines is 1. The van der Waals surface area contributed by atoms with E-state index in [1.807, 2.05) is 31.2 Å². The fourth-order valence-corrected chi connectivity index (χ4v) is 1.88. The van der Waals surface area contributed by atoms with Gasteiger partial charge in [-0.1, -0.05) is 18.2 Å². The monoisotopic (exact) mass is 256 g/mol. The molecule has 4 nitrogen and oxygen atoms in total. The molecule has 0 atom stereocenters. The topological polar surface area (TPSA) is 78.3 Å². The van der Waals surface area contributed by atoms with Gasteiger partial charge in [0.1, 0.15) is 12.4 Å². The minimum atomic E-state index is -0.451. The summed E-state index contributed by atoms with van der Waals surface area (Å²) in [4.78, 5) is 11.3. The average Bonchev–Trinajstić information content (AvgIpc) is 2.38. The zero-order valence-corrected chi connectivity index (χ0v) is 10.7.